The maximum atomic E-state index is 12.4. The predicted molar refractivity (Wildman–Crippen MR) is 106 cm³/mol. The SMILES string of the molecule is Cc1ccc(C(=O)Nc2ccc(CSc3ccccc3)cc2)cc1C. The highest BCUT2D eigenvalue weighted by Gasteiger charge is 2.07. The highest BCUT2D eigenvalue weighted by atomic mass is 32.2. The summed E-state index contributed by atoms with van der Waals surface area (Å²) >= 11 is 1.81. The van der Waals surface area contributed by atoms with E-state index < -0.39 is 0 Å². The maximum absolute atomic E-state index is 12.4. The molecule has 0 aromatic heterocycles. The van der Waals surface area contributed by atoms with Crippen molar-refractivity contribution < 1.29 is 4.79 Å². The van der Waals surface area contributed by atoms with Crippen LogP contribution in [0.25, 0.3) is 0 Å². The average Bonchev–Trinajstić information content (AvgIpc) is 2.64. The van der Waals surface area contributed by atoms with Gasteiger partial charge in [0, 0.05) is 21.9 Å². The third-order valence-corrected chi connectivity index (χ3v) is 5.21. The molecule has 1 N–H and O–H groups in total. The molecule has 0 radical (unpaired) electrons. The Labute approximate surface area is 153 Å². The highest BCUT2D eigenvalue weighted by Crippen LogP contribution is 2.23. The summed E-state index contributed by atoms with van der Waals surface area (Å²) in [6.07, 6.45) is 0. The molecule has 0 aliphatic carbocycles. The number of carbonyl (C=O) groups excluding carboxylic acids is 1. The minimum Gasteiger partial charge on any atom is -0.322 e. The Morgan fingerprint density at radius 1 is 0.880 bits per heavy atom. The lowest BCUT2D eigenvalue weighted by Gasteiger charge is -2.08. The van der Waals surface area contributed by atoms with Crippen LogP contribution in [-0.2, 0) is 5.75 Å². The number of thioether (sulfide) groups is 1. The Bertz CT molecular complexity index is 857. The first kappa shape index (κ1) is 17.3. The van der Waals surface area contributed by atoms with Crippen LogP contribution in [0.2, 0.25) is 0 Å². The molecule has 3 aromatic carbocycles. The van der Waals surface area contributed by atoms with Crippen molar-refractivity contribution in [3.8, 4) is 0 Å². The number of anilines is 1. The minimum absolute atomic E-state index is 0.0745. The molecule has 0 aliphatic heterocycles. The predicted octanol–water partition coefficient (Wildman–Crippen LogP) is 5.85. The Hall–Kier alpha value is -2.52. The molecule has 0 unspecified atom stereocenters. The molecule has 25 heavy (non-hydrogen) atoms. The first-order valence-corrected chi connectivity index (χ1v) is 9.26. The Balaban J connectivity index is 1.60. The van der Waals surface area contributed by atoms with Crippen molar-refractivity contribution in [2.24, 2.45) is 0 Å². The van der Waals surface area contributed by atoms with Crippen molar-refractivity contribution in [2.75, 3.05) is 5.32 Å². The molecule has 0 heterocycles. The van der Waals surface area contributed by atoms with E-state index in [0.29, 0.717) is 5.56 Å². The van der Waals surface area contributed by atoms with Crippen LogP contribution < -0.4 is 5.32 Å². The number of amides is 1. The standard InChI is InChI=1S/C22H21NOS/c1-16-8-11-19(14-17(16)2)22(24)23-20-12-9-18(10-13-20)15-25-21-6-4-3-5-7-21/h3-14H,15H2,1-2H3,(H,23,24). The Morgan fingerprint density at radius 3 is 2.28 bits per heavy atom. The van der Waals surface area contributed by atoms with Crippen molar-refractivity contribution >= 4 is 23.4 Å². The topological polar surface area (TPSA) is 29.1 Å². The number of nitrogens with one attached hydrogen (secondary N) is 1. The first-order valence-electron chi connectivity index (χ1n) is 8.27. The molecule has 126 valence electrons. The van der Waals surface area contributed by atoms with Crippen molar-refractivity contribution in [2.45, 2.75) is 24.5 Å². The zero-order chi connectivity index (χ0) is 17.6. The van der Waals surface area contributed by atoms with Gasteiger partial charge in [0.1, 0.15) is 0 Å². The van der Waals surface area contributed by atoms with Crippen LogP contribution >= 0.6 is 11.8 Å². The van der Waals surface area contributed by atoms with Gasteiger partial charge in [-0.15, -0.1) is 11.8 Å². The normalized spacial score (nSPS) is 10.5. The summed E-state index contributed by atoms with van der Waals surface area (Å²) in [5.74, 6) is 0.838. The minimum atomic E-state index is -0.0745. The Kier molecular flexibility index (Phi) is 5.56. The van der Waals surface area contributed by atoms with E-state index in [4.69, 9.17) is 0 Å². The second kappa shape index (κ2) is 8.04. The third-order valence-electron chi connectivity index (χ3n) is 4.13. The molecule has 2 nitrogen and oxygen atoms in total. The molecule has 0 fully saturated rings. The molecule has 0 aliphatic rings. The molecule has 0 saturated carbocycles. The lowest BCUT2D eigenvalue weighted by molar-refractivity contribution is 0.102. The van der Waals surface area contributed by atoms with E-state index in [0.717, 1.165) is 17.0 Å². The van der Waals surface area contributed by atoms with Crippen molar-refractivity contribution in [1.82, 2.24) is 0 Å². The van der Waals surface area contributed by atoms with Crippen LogP contribution in [-0.4, -0.2) is 5.91 Å². The molecule has 0 atom stereocenters. The molecular weight excluding hydrogens is 326 g/mol. The summed E-state index contributed by atoms with van der Waals surface area (Å²) in [5, 5.41) is 2.96. The molecule has 0 saturated heterocycles. The second-order valence-electron chi connectivity index (χ2n) is 6.05. The van der Waals surface area contributed by atoms with Gasteiger partial charge in [-0.1, -0.05) is 36.4 Å². The maximum Gasteiger partial charge on any atom is 0.255 e. The number of benzene rings is 3. The number of rotatable bonds is 5. The number of carbonyl (C=O) groups is 1. The summed E-state index contributed by atoms with van der Waals surface area (Å²) < 4.78 is 0. The van der Waals surface area contributed by atoms with Crippen LogP contribution in [0.4, 0.5) is 5.69 Å². The van der Waals surface area contributed by atoms with Gasteiger partial charge in [-0.05, 0) is 66.9 Å². The zero-order valence-corrected chi connectivity index (χ0v) is 15.3. The molecule has 0 spiro atoms. The summed E-state index contributed by atoms with van der Waals surface area (Å²) in [5.41, 5.74) is 5.05. The molecule has 3 aromatic rings. The summed E-state index contributed by atoms with van der Waals surface area (Å²) in [7, 11) is 0. The highest BCUT2D eigenvalue weighted by molar-refractivity contribution is 7.98. The Morgan fingerprint density at radius 2 is 1.60 bits per heavy atom. The van der Waals surface area contributed by atoms with E-state index in [-0.39, 0.29) is 5.91 Å². The van der Waals surface area contributed by atoms with Gasteiger partial charge in [0.05, 0.1) is 0 Å². The number of hydrogen-bond donors (Lipinski definition) is 1. The molecule has 1 amide bonds. The fourth-order valence-electron chi connectivity index (χ4n) is 2.45. The lowest BCUT2D eigenvalue weighted by Crippen LogP contribution is -2.12. The van der Waals surface area contributed by atoms with E-state index in [1.54, 1.807) is 11.8 Å². The van der Waals surface area contributed by atoms with Crippen LogP contribution in [0, 0.1) is 13.8 Å². The summed E-state index contributed by atoms with van der Waals surface area (Å²) in [6.45, 7) is 4.06. The van der Waals surface area contributed by atoms with Gasteiger partial charge in [0.2, 0.25) is 0 Å². The summed E-state index contributed by atoms with van der Waals surface area (Å²) in [6, 6.07) is 24.2. The van der Waals surface area contributed by atoms with Crippen LogP contribution in [0.5, 0.6) is 0 Å². The van der Waals surface area contributed by atoms with E-state index >= 15 is 0 Å². The second-order valence-corrected chi connectivity index (χ2v) is 7.10. The monoisotopic (exact) mass is 347 g/mol. The molecule has 3 rings (SSSR count). The van der Waals surface area contributed by atoms with Gasteiger partial charge >= 0.3 is 0 Å². The average molecular weight is 347 g/mol. The van der Waals surface area contributed by atoms with Crippen molar-refractivity contribution in [1.29, 1.82) is 0 Å². The van der Waals surface area contributed by atoms with Crippen molar-refractivity contribution in [3.63, 3.8) is 0 Å². The van der Waals surface area contributed by atoms with E-state index in [1.807, 2.05) is 62.4 Å². The molecular formula is C22H21NOS. The van der Waals surface area contributed by atoms with Crippen LogP contribution in [0.15, 0.2) is 77.7 Å². The number of aryl methyl sites for hydroxylation is 2. The lowest BCUT2D eigenvalue weighted by atomic mass is 10.1. The van der Waals surface area contributed by atoms with Gasteiger partial charge in [0.15, 0.2) is 0 Å². The third kappa shape index (κ3) is 4.74. The fraction of sp³-hybridized carbons (Fsp3) is 0.136. The van der Waals surface area contributed by atoms with Gasteiger partial charge in [-0.25, -0.2) is 0 Å². The molecule has 0 bridgehead atoms. The van der Waals surface area contributed by atoms with Crippen molar-refractivity contribution in [3.05, 3.63) is 95.1 Å². The summed E-state index contributed by atoms with van der Waals surface area (Å²) in [4.78, 5) is 13.6. The quantitative estimate of drug-likeness (QED) is 0.587. The van der Waals surface area contributed by atoms with Gasteiger partial charge in [0.25, 0.3) is 5.91 Å². The van der Waals surface area contributed by atoms with Gasteiger partial charge in [-0.2, -0.15) is 0 Å². The van der Waals surface area contributed by atoms with E-state index in [9.17, 15) is 4.79 Å². The largest absolute Gasteiger partial charge is 0.322 e. The van der Waals surface area contributed by atoms with Crippen LogP contribution in [0.3, 0.4) is 0 Å². The number of hydrogen-bond acceptors (Lipinski definition) is 2. The molecule has 3 heteroatoms. The van der Waals surface area contributed by atoms with E-state index in [2.05, 4.69) is 29.6 Å². The smallest absolute Gasteiger partial charge is 0.255 e. The fourth-order valence-corrected chi connectivity index (χ4v) is 3.33. The zero-order valence-electron chi connectivity index (χ0n) is 14.5. The van der Waals surface area contributed by atoms with E-state index in [1.165, 1.54) is 16.0 Å². The van der Waals surface area contributed by atoms with Gasteiger partial charge < -0.3 is 5.32 Å². The van der Waals surface area contributed by atoms with Crippen LogP contribution in [0.1, 0.15) is 27.0 Å². The first-order chi connectivity index (χ1) is 12.1. The van der Waals surface area contributed by atoms with Gasteiger partial charge in [-0.3, -0.25) is 4.79 Å².